The Labute approximate surface area is 131 Å². The number of nitrogens with two attached hydrogens (primary N) is 1. The second kappa shape index (κ2) is 6.52. The molecule has 2 N–H and O–H groups in total. The van der Waals surface area contributed by atoms with Crippen molar-refractivity contribution in [3.05, 3.63) is 34.4 Å². The first-order valence-electron chi connectivity index (χ1n) is 8.66. The van der Waals surface area contributed by atoms with Crippen LogP contribution in [0, 0.1) is 32.6 Å². The van der Waals surface area contributed by atoms with Gasteiger partial charge in [-0.1, -0.05) is 44.4 Å². The van der Waals surface area contributed by atoms with Gasteiger partial charge in [0.1, 0.15) is 0 Å². The fourth-order valence-corrected chi connectivity index (χ4v) is 4.14. The molecule has 1 aliphatic rings. The highest BCUT2D eigenvalue weighted by Gasteiger charge is 2.31. The van der Waals surface area contributed by atoms with Gasteiger partial charge in [0.25, 0.3) is 0 Å². The summed E-state index contributed by atoms with van der Waals surface area (Å²) in [6.07, 6.45) is 7.38. The van der Waals surface area contributed by atoms with Crippen LogP contribution in [0.25, 0.3) is 0 Å². The third kappa shape index (κ3) is 4.10. The van der Waals surface area contributed by atoms with Crippen LogP contribution in [0.4, 0.5) is 0 Å². The first-order chi connectivity index (χ1) is 9.81. The van der Waals surface area contributed by atoms with Gasteiger partial charge in [-0.25, -0.2) is 0 Å². The second-order valence-corrected chi connectivity index (χ2v) is 7.85. The average Bonchev–Trinajstić information content (AvgIpc) is 2.56. The van der Waals surface area contributed by atoms with Crippen molar-refractivity contribution in [2.45, 2.75) is 78.7 Å². The molecule has 2 unspecified atom stereocenters. The van der Waals surface area contributed by atoms with Gasteiger partial charge in [0, 0.05) is 5.54 Å². The van der Waals surface area contributed by atoms with E-state index < -0.39 is 0 Å². The van der Waals surface area contributed by atoms with Crippen molar-refractivity contribution >= 4 is 0 Å². The molecule has 1 heteroatoms. The van der Waals surface area contributed by atoms with Gasteiger partial charge in [-0.05, 0) is 75.0 Å². The zero-order chi connectivity index (χ0) is 15.6. The standard InChI is InChI=1S/C20H33N/c1-14(2)18-7-6-9-20(21,10-8-18)13-19-16(4)11-15(3)12-17(19)5/h11-12,14,18H,6-10,13,21H2,1-5H3. The van der Waals surface area contributed by atoms with Crippen LogP contribution in [-0.2, 0) is 6.42 Å². The van der Waals surface area contributed by atoms with Crippen molar-refractivity contribution in [1.29, 1.82) is 0 Å². The lowest BCUT2D eigenvalue weighted by Crippen LogP contribution is -2.42. The lowest BCUT2D eigenvalue weighted by atomic mass is 9.81. The van der Waals surface area contributed by atoms with Crippen molar-refractivity contribution in [3.8, 4) is 0 Å². The summed E-state index contributed by atoms with van der Waals surface area (Å²) >= 11 is 0. The Morgan fingerprint density at radius 1 is 1.10 bits per heavy atom. The normalized spacial score (nSPS) is 26.9. The Morgan fingerprint density at radius 3 is 2.29 bits per heavy atom. The molecule has 0 heterocycles. The maximum atomic E-state index is 6.83. The minimum atomic E-state index is 0.00835. The van der Waals surface area contributed by atoms with Crippen LogP contribution < -0.4 is 5.73 Å². The van der Waals surface area contributed by atoms with Crippen LogP contribution in [0.1, 0.15) is 68.2 Å². The number of hydrogen-bond donors (Lipinski definition) is 1. The summed E-state index contributed by atoms with van der Waals surface area (Å²) in [7, 11) is 0. The van der Waals surface area contributed by atoms with Crippen molar-refractivity contribution in [2.75, 3.05) is 0 Å². The molecular formula is C20H33N. The van der Waals surface area contributed by atoms with E-state index in [0.717, 1.165) is 18.3 Å². The molecule has 0 saturated heterocycles. The van der Waals surface area contributed by atoms with E-state index >= 15 is 0 Å². The summed E-state index contributed by atoms with van der Waals surface area (Å²) in [6, 6.07) is 4.61. The van der Waals surface area contributed by atoms with Gasteiger partial charge in [-0.3, -0.25) is 0 Å². The fraction of sp³-hybridized carbons (Fsp3) is 0.700. The van der Waals surface area contributed by atoms with E-state index in [4.69, 9.17) is 5.73 Å². The summed E-state index contributed by atoms with van der Waals surface area (Å²) in [5, 5.41) is 0. The zero-order valence-electron chi connectivity index (χ0n) is 14.6. The lowest BCUT2D eigenvalue weighted by molar-refractivity contribution is 0.321. The Balaban J connectivity index is 2.15. The monoisotopic (exact) mass is 287 g/mol. The molecule has 0 aromatic heterocycles. The van der Waals surface area contributed by atoms with E-state index in [-0.39, 0.29) is 5.54 Å². The summed E-state index contributed by atoms with van der Waals surface area (Å²) in [5.41, 5.74) is 12.5. The maximum absolute atomic E-state index is 6.83. The molecule has 1 saturated carbocycles. The molecule has 1 aromatic carbocycles. The summed E-state index contributed by atoms with van der Waals surface area (Å²) in [6.45, 7) is 11.4. The molecule has 1 aliphatic carbocycles. The smallest absolute Gasteiger partial charge is 0.0195 e. The predicted molar refractivity (Wildman–Crippen MR) is 92.7 cm³/mol. The SMILES string of the molecule is Cc1cc(C)c(CC2(N)CCCC(C(C)C)CC2)c(C)c1. The molecule has 2 atom stereocenters. The minimum Gasteiger partial charge on any atom is -0.325 e. The number of hydrogen-bond acceptors (Lipinski definition) is 1. The maximum Gasteiger partial charge on any atom is 0.0195 e. The Kier molecular flexibility index (Phi) is 5.14. The molecular weight excluding hydrogens is 254 g/mol. The van der Waals surface area contributed by atoms with E-state index in [2.05, 4.69) is 46.8 Å². The zero-order valence-corrected chi connectivity index (χ0v) is 14.6. The van der Waals surface area contributed by atoms with Crippen LogP contribution in [0.15, 0.2) is 12.1 Å². The highest BCUT2D eigenvalue weighted by atomic mass is 14.7. The molecule has 0 radical (unpaired) electrons. The highest BCUT2D eigenvalue weighted by Crippen LogP contribution is 2.35. The van der Waals surface area contributed by atoms with E-state index in [9.17, 15) is 0 Å². The fourth-order valence-electron chi connectivity index (χ4n) is 4.14. The van der Waals surface area contributed by atoms with E-state index in [1.54, 1.807) is 0 Å². The number of aryl methyl sites for hydroxylation is 3. The van der Waals surface area contributed by atoms with Crippen LogP contribution in [0.2, 0.25) is 0 Å². The minimum absolute atomic E-state index is 0.00835. The molecule has 0 bridgehead atoms. The van der Waals surface area contributed by atoms with Crippen molar-refractivity contribution < 1.29 is 0 Å². The summed E-state index contributed by atoms with van der Waals surface area (Å²) in [5.74, 6) is 1.67. The van der Waals surface area contributed by atoms with Gasteiger partial charge in [0.05, 0.1) is 0 Å². The van der Waals surface area contributed by atoms with Crippen LogP contribution in [-0.4, -0.2) is 5.54 Å². The van der Waals surface area contributed by atoms with Crippen LogP contribution in [0.5, 0.6) is 0 Å². The van der Waals surface area contributed by atoms with Gasteiger partial charge in [-0.15, -0.1) is 0 Å². The molecule has 1 nitrogen and oxygen atoms in total. The van der Waals surface area contributed by atoms with Crippen molar-refractivity contribution in [3.63, 3.8) is 0 Å². The third-order valence-corrected chi connectivity index (χ3v) is 5.57. The lowest BCUT2D eigenvalue weighted by Gasteiger charge is -2.30. The first-order valence-corrected chi connectivity index (χ1v) is 8.66. The average molecular weight is 287 g/mol. The third-order valence-electron chi connectivity index (χ3n) is 5.57. The van der Waals surface area contributed by atoms with Gasteiger partial charge in [0.15, 0.2) is 0 Å². The quantitative estimate of drug-likeness (QED) is 0.770. The Morgan fingerprint density at radius 2 is 1.71 bits per heavy atom. The van der Waals surface area contributed by atoms with Crippen LogP contribution in [0.3, 0.4) is 0 Å². The van der Waals surface area contributed by atoms with Gasteiger partial charge < -0.3 is 5.73 Å². The van der Waals surface area contributed by atoms with E-state index in [1.807, 2.05) is 0 Å². The number of benzene rings is 1. The van der Waals surface area contributed by atoms with Crippen molar-refractivity contribution in [1.82, 2.24) is 0 Å². The molecule has 21 heavy (non-hydrogen) atoms. The van der Waals surface area contributed by atoms with Gasteiger partial charge in [0.2, 0.25) is 0 Å². The molecule has 2 rings (SSSR count). The second-order valence-electron chi connectivity index (χ2n) is 7.85. The summed E-state index contributed by atoms with van der Waals surface area (Å²) < 4.78 is 0. The Hall–Kier alpha value is -0.820. The number of rotatable bonds is 3. The van der Waals surface area contributed by atoms with Gasteiger partial charge in [-0.2, -0.15) is 0 Å². The molecule has 0 spiro atoms. The molecule has 1 aromatic rings. The largest absolute Gasteiger partial charge is 0.325 e. The predicted octanol–water partition coefficient (Wildman–Crippen LogP) is 5.09. The molecule has 118 valence electrons. The molecule has 0 amide bonds. The Bertz CT molecular complexity index is 466. The van der Waals surface area contributed by atoms with E-state index in [0.29, 0.717) is 0 Å². The highest BCUT2D eigenvalue weighted by molar-refractivity contribution is 5.38. The molecule has 1 fully saturated rings. The van der Waals surface area contributed by atoms with Crippen molar-refractivity contribution in [2.24, 2.45) is 17.6 Å². The summed E-state index contributed by atoms with van der Waals surface area (Å²) in [4.78, 5) is 0. The van der Waals surface area contributed by atoms with Crippen LogP contribution >= 0.6 is 0 Å². The molecule has 0 aliphatic heterocycles. The van der Waals surface area contributed by atoms with Gasteiger partial charge >= 0.3 is 0 Å². The first kappa shape index (κ1) is 16.5. The van der Waals surface area contributed by atoms with E-state index in [1.165, 1.54) is 54.4 Å². The topological polar surface area (TPSA) is 26.0 Å².